The van der Waals surface area contributed by atoms with Crippen molar-refractivity contribution >= 4 is 34.5 Å². The van der Waals surface area contributed by atoms with Gasteiger partial charge in [0.25, 0.3) is 5.91 Å². The van der Waals surface area contributed by atoms with Crippen molar-refractivity contribution in [3.63, 3.8) is 0 Å². The number of hydrogen-bond acceptors (Lipinski definition) is 6. The van der Waals surface area contributed by atoms with E-state index in [1.54, 1.807) is 11.8 Å². The lowest BCUT2D eigenvalue weighted by Gasteiger charge is -2.40. The van der Waals surface area contributed by atoms with Crippen molar-refractivity contribution in [1.82, 2.24) is 4.90 Å². The molecular weight excluding hydrogens is 422 g/mol. The number of amidine groups is 1. The van der Waals surface area contributed by atoms with Crippen LogP contribution in [-0.4, -0.2) is 41.4 Å². The summed E-state index contributed by atoms with van der Waals surface area (Å²) in [6.45, 7) is 4.75. The predicted octanol–water partition coefficient (Wildman–Crippen LogP) is 4.80. The lowest BCUT2D eigenvalue weighted by atomic mass is 9.94. The summed E-state index contributed by atoms with van der Waals surface area (Å²) in [5, 5.41) is 3.92. The summed E-state index contributed by atoms with van der Waals surface area (Å²) in [6, 6.07) is 15.0. The Labute approximate surface area is 192 Å². The second kappa shape index (κ2) is 9.61. The highest BCUT2D eigenvalue weighted by atomic mass is 32.2. The van der Waals surface area contributed by atoms with Gasteiger partial charge in [-0.3, -0.25) is 4.79 Å². The molecule has 1 atom stereocenters. The maximum Gasteiger partial charge on any atom is 0.338 e. The lowest BCUT2D eigenvalue weighted by molar-refractivity contribution is -0.136. The van der Waals surface area contributed by atoms with E-state index in [0.717, 1.165) is 35.9 Å². The number of thioether (sulfide) groups is 1. The molecule has 0 bridgehead atoms. The van der Waals surface area contributed by atoms with Gasteiger partial charge >= 0.3 is 5.97 Å². The number of methoxy groups -OCH3 is 1. The zero-order valence-electron chi connectivity index (χ0n) is 18.6. The highest BCUT2D eigenvalue weighted by Gasteiger charge is 2.37. The lowest BCUT2D eigenvalue weighted by Crippen LogP contribution is -2.42. The summed E-state index contributed by atoms with van der Waals surface area (Å²) >= 11 is 1.71. The fourth-order valence-corrected chi connectivity index (χ4v) is 5.09. The van der Waals surface area contributed by atoms with E-state index < -0.39 is 0 Å². The predicted molar refractivity (Wildman–Crippen MR) is 129 cm³/mol. The van der Waals surface area contributed by atoms with Gasteiger partial charge in [-0.05, 0) is 55.2 Å². The third kappa shape index (κ3) is 4.43. The SMILES string of the molecule is CCc1ccc(C(=O)Nc2cccc([C@@H]3C(C(=O)OC)=C(C)N=C4SCCCN43)c2)cc1. The first-order valence-electron chi connectivity index (χ1n) is 10.8. The number of anilines is 1. The minimum atomic E-state index is -0.378. The van der Waals surface area contributed by atoms with Crippen LogP contribution in [0.2, 0.25) is 0 Å². The Hall–Kier alpha value is -3.06. The zero-order valence-corrected chi connectivity index (χ0v) is 19.4. The Morgan fingerprint density at radius 2 is 2.00 bits per heavy atom. The van der Waals surface area contributed by atoms with Gasteiger partial charge in [-0.15, -0.1) is 0 Å². The molecule has 2 aliphatic heterocycles. The van der Waals surface area contributed by atoms with Crippen LogP contribution in [0.5, 0.6) is 0 Å². The van der Waals surface area contributed by atoms with Crippen molar-refractivity contribution in [3.05, 3.63) is 76.5 Å². The Kier molecular flexibility index (Phi) is 6.65. The van der Waals surface area contributed by atoms with Gasteiger partial charge in [-0.1, -0.05) is 43.0 Å². The van der Waals surface area contributed by atoms with Gasteiger partial charge in [-0.2, -0.15) is 0 Å². The van der Waals surface area contributed by atoms with Gasteiger partial charge in [0.1, 0.15) is 0 Å². The fourth-order valence-electron chi connectivity index (χ4n) is 4.07. The highest BCUT2D eigenvalue weighted by molar-refractivity contribution is 8.13. The van der Waals surface area contributed by atoms with Crippen LogP contribution < -0.4 is 5.32 Å². The van der Waals surface area contributed by atoms with Crippen LogP contribution in [0, 0.1) is 0 Å². The van der Waals surface area contributed by atoms with E-state index in [1.165, 1.54) is 12.7 Å². The Morgan fingerprint density at radius 3 is 2.72 bits per heavy atom. The minimum Gasteiger partial charge on any atom is -0.466 e. The fraction of sp³-hybridized carbons (Fsp3) is 0.320. The number of hydrogen-bond donors (Lipinski definition) is 1. The number of fused-ring (bicyclic) bond motifs is 1. The van der Waals surface area contributed by atoms with E-state index in [1.807, 2.05) is 55.5 Å². The van der Waals surface area contributed by atoms with Crippen molar-refractivity contribution in [2.45, 2.75) is 32.7 Å². The summed E-state index contributed by atoms with van der Waals surface area (Å²) in [5.74, 6) is 0.468. The summed E-state index contributed by atoms with van der Waals surface area (Å²) in [4.78, 5) is 32.3. The second-order valence-electron chi connectivity index (χ2n) is 7.81. The third-order valence-electron chi connectivity index (χ3n) is 5.75. The quantitative estimate of drug-likeness (QED) is 0.664. The van der Waals surface area contributed by atoms with Crippen molar-refractivity contribution in [1.29, 1.82) is 0 Å². The number of aliphatic imine (C=N–C) groups is 1. The van der Waals surface area contributed by atoms with E-state index >= 15 is 0 Å². The Bertz CT molecular complexity index is 1090. The number of ether oxygens (including phenoxy) is 1. The number of amides is 1. The smallest absolute Gasteiger partial charge is 0.338 e. The number of carbonyl (C=O) groups is 2. The molecule has 0 aromatic heterocycles. The Morgan fingerprint density at radius 1 is 1.22 bits per heavy atom. The normalized spacial score (nSPS) is 18.0. The number of esters is 1. The molecule has 2 aliphatic rings. The third-order valence-corrected chi connectivity index (χ3v) is 6.83. The summed E-state index contributed by atoms with van der Waals surface area (Å²) < 4.78 is 5.09. The highest BCUT2D eigenvalue weighted by Crippen LogP contribution is 2.40. The summed E-state index contributed by atoms with van der Waals surface area (Å²) in [6.07, 6.45) is 1.94. The Balaban J connectivity index is 1.65. The molecule has 0 spiro atoms. The minimum absolute atomic E-state index is 0.163. The number of aryl methyl sites for hydroxylation is 1. The molecule has 0 aliphatic carbocycles. The summed E-state index contributed by atoms with van der Waals surface area (Å²) in [5.41, 5.74) is 4.61. The monoisotopic (exact) mass is 449 g/mol. The molecule has 0 radical (unpaired) electrons. The standard InChI is InChI=1S/C25H27N3O3S/c1-4-17-9-11-18(12-10-17)23(29)27-20-8-5-7-19(15-20)22-21(24(30)31-3)16(2)26-25-28(22)13-6-14-32-25/h5,7-12,15,22H,4,6,13-14H2,1-3H3,(H,27,29)/t22-/m1/s1. The molecule has 1 N–H and O–H groups in total. The molecule has 4 rings (SSSR count). The molecule has 0 saturated carbocycles. The van der Waals surface area contributed by atoms with Crippen LogP contribution in [0.3, 0.4) is 0 Å². The van der Waals surface area contributed by atoms with Gasteiger partial charge in [-0.25, -0.2) is 9.79 Å². The number of rotatable bonds is 5. The van der Waals surface area contributed by atoms with Crippen molar-refractivity contribution in [2.75, 3.05) is 24.7 Å². The average molecular weight is 450 g/mol. The summed E-state index contributed by atoms with van der Waals surface area (Å²) in [7, 11) is 1.39. The molecule has 1 fully saturated rings. The molecule has 1 amide bonds. The van der Waals surface area contributed by atoms with Crippen LogP contribution in [0.25, 0.3) is 0 Å². The number of benzene rings is 2. The molecule has 1 saturated heterocycles. The zero-order chi connectivity index (χ0) is 22.7. The number of allylic oxidation sites excluding steroid dienone is 1. The van der Waals surface area contributed by atoms with Crippen LogP contribution in [0.15, 0.2) is 64.8 Å². The van der Waals surface area contributed by atoms with Crippen molar-refractivity contribution < 1.29 is 14.3 Å². The molecular formula is C25H27N3O3S. The van der Waals surface area contributed by atoms with Gasteiger partial charge in [0.05, 0.1) is 24.4 Å². The van der Waals surface area contributed by atoms with Crippen LogP contribution in [0.4, 0.5) is 5.69 Å². The molecule has 32 heavy (non-hydrogen) atoms. The van der Waals surface area contributed by atoms with E-state index in [0.29, 0.717) is 22.5 Å². The van der Waals surface area contributed by atoms with E-state index in [4.69, 9.17) is 4.74 Å². The van der Waals surface area contributed by atoms with Crippen molar-refractivity contribution in [3.8, 4) is 0 Å². The van der Waals surface area contributed by atoms with Crippen LogP contribution in [-0.2, 0) is 16.0 Å². The first-order valence-corrected chi connectivity index (χ1v) is 11.8. The molecule has 0 unspecified atom stereocenters. The molecule has 166 valence electrons. The van der Waals surface area contributed by atoms with Gasteiger partial charge in [0, 0.05) is 23.5 Å². The molecule has 6 nitrogen and oxygen atoms in total. The number of nitrogens with one attached hydrogen (secondary N) is 1. The topological polar surface area (TPSA) is 71.0 Å². The molecule has 7 heteroatoms. The first kappa shape index (κ1) is 22.1. The molecule has 2 heterocycles. The van der Waals surface area contributed by atoms with E-state index in [2.05, 4.69) is 22.1 Å². The van der Waals surface area contributed by atoms with Crippen LogP contribution >= 0.6 is 11.8 Å². The van der Waals surface area contributed by atoms with Gasteiger partial charge in [0.15, 0.2) is 5.17 Å². The average Bonchev–Trinajstić information content (AvgIpc) is 2.82. The largest absolute Gasteiger partial charge is 0.466 e. The molecule has 2 aromatic carbocycles. The van der Waals surface area contributed by atoms with Crippen LogP contribution in [0.1, 0.15) is 47.8 Å². The second-order valence-corrected chi connectivity index (χ2v) is 8.88. The maximum absolute atomic E-state index is 12.8. The van der Waals surface area contributed by atoms with Crippen molar-refractivity contribution in [2.24, 2.45) is 4.99 Å². The molecule has 2 aromatic rings. The number of carbonyl (C=O) groups excluding carboxylic acids is 2. The van der Waals surface area contributed by atoms with Gasteiger partial charge < -0.3 is 15.0 Å². The number of nitrogens with zero attached hydrogens (tertiary/aromatic N) is 2. The van der Waals surface area contributed by atoms with Gasteiger partial charge in [0.2, 0.25) is 0 Å². The van der Waals surface area contributed by atoms with E-state index in [-0.39, 0.29) is 17.9 Å². The first-order chi connectivity index (χ1) is 15.5. The van der Waals surface area contributed by atoms with E-state index in [9.17, 15) is 9.59 Å². The maximum atomic E-state index is 12.8.